The third-order valence-corrected chi connectivity index (χ3v) is 8.00. The van der Waals surface area contributed by atoms with E-state index < -0.39 is 0 Å². The molecule has 0 radical (unpaired) electrons. The zero-order valence-corrected chi connectivity index (χ0v) is 22.2. The zero-order chi connectivity index (χ0) is 25.4. The lowest BCUT2D eigenvalue weighted by Gasteiger charge is -2.37. The number of ether oxygens (including phenoxy) is 1. The Hall–Kier alpha value is -2.64. The van der Waals surface area contributed by atoms with Gasteiger partial charge in [0.15, 0.2) is 0 Å². The number of morpholine rings is 1. The maximum atomic E-state index is 6.26. The maximum Gasteiger partial charge on any atom is 0.494 e. The molecule has 0 N–H and O–H groups in total. The largest absolute Gasteiger partial charge is 0.494 e. The summed E-state index contributed by atoms with van der Waals surface area (Å²) in [6, 6.07) is 28.1. The normalized spacial score (nSPS) is 20.3. The number of hydrogen-bond acceptors (Lipinski definition) is 4. The summed E-state index contributed by atoms with van der Waals surface area (Å²) in [5.41, 5.74) is 5.04. The molecule has 0 atom stereocenters. The van der Waals surface area contributed by atoms with E-state index in [1.54, 1.807) is 0 Å². The van der Waals surface area contributed by atoms with Crippen molar-refractivity contribution in [3.05, 3.63) is 84.4 Å². The number of likely N-dealkylation sites (N-methyl/N-ethyl adjacent to an activating group) is 1. The minimum absolute atomic E-state index is 0.353. The topological polar surface area (TPSA) is 30.9 Å². The second-order valence-electron chi connectivity index (χ2n) is 11.4. The average Bonchev–Trinajstić information content (AvgIpc) is 3.08. The summed E-state index contributed by atoms with van der Waals surface area (Å²) in [7, 11) is 1.96. The van der Waals surface area contributed by atoms with Gasteiger partial charge in [0.05, 0.1) is 31.5 Å². The molecule has 2 fully saturated rings. The molecule has 6 heteroatoms. The van der Waals surface area contributed by atoms with Gasteiger partial charge in [0.2, 0.25) is 0 Å². The van der Waals surface area contributed by atoms with Crippen LogP contribution in [-0.4, -0.2) is 56.2 Å². The smallest absolute Gasteiger partial charge is 0.399 e. The standard InChI is InChI=1S/C30H38BN2O3/c1-29(2)30(3,4)36-31(35-29)25-13-17-28(18-14-25)32(26-9-7-6-8-10-26)27-15-11-24(12-16-27)23-33(5)19-21-34-22-20-33/h6-18H,19-23H2,1-5H3/q+1. The second-order valence-corrected chi connectivity index (χ2v) is 11.4. The highest BCUT2D eigenvalue weighted by atomic mass is 16.7. The van der Waals surface area contributed by atoms with E-state index in [4.69, 9.17) is 14.0 Å². The molecular weight excluding hydrogens is 447 g/mol. The summed E-state index contributed by atoms with van der Waals surface area (Å²) >= 11 is 0. The van der Waals surface area contributed by atoms with Gasteiger partial charge in [-0.25, -0.2) is 0 Å². The van der Waals surface area contributed by atoms with Gasteiger partial charge >= 0.3 is 7.12 Å². The maximum absolute atomic E-state index is 6.26. The number of para-hydroxylation sites is 1. The van der Waals surface area contributed by atoms with Crippen molar-refractivity contribution >= 4 is 29.6 Å². The summed E-state index contributed by atoms with van der Waals surface area (Å²) in [6.07, 6.45) is 0. The summed E-state index contributed by atoms with van der Waals surface area (Å²) in [4.78, 5) is 2.29. The van der Waals surface area contributed by atoms with E-state index in [0.717, 1.165) is 59.9 Å². The molecule has 0 amide bonds. The van der Waals surface area contributed by atoms with Crippen molar-refractivity contribution in [1.29, 1.82) is 0 Å². The fourth-order valence-electron chi connectivity index (χ4n) is 4.92. The second kappa shape index (κ2) is 9.68. The number of hydrogen-bond donors (Lipinski definition) is 0. The third kappa shape index (κ3) is 5.09. The minimum Gasteiger partial charge on any atom is -0.399 e. The Balaban J connectivity index is 1.40. The predicted molar refractivity (Wildman–Crippen MR) is 147 cm³/mol. The molecule has 2 aliphatic heterocycles. The van der Waals surface area contributed by atoms with Crippen LogP contribution in [0.4, 0.5) is 17.1 Å². The molecule has 2 heterocycles. The van der Waals surface area contributed by atoms with Crippen molar-refractivity contribution in [2.75, 3.05) is 38.3 Å². The highest BCUT2D eigenvalue weighted by Gasteiger charge is 2.51. The third-order valence-electron chi connectivity index (χ3n) is 8.00. The molecule has 0 aliphatic carbocycles. The number of quaternary nitrogens is 1. The van der Waals surface area contributed by atoms with E-state index >= 15 is 0 Å². The summed E-state index contributed by atoms with van der Waals surface area (Å²) < 4.78 is 19.1. The molecular formula is C30H38BN2O3+. The number of benzene rings is 3. The van der Waals surface area contributed by atoms with Crippen LogP contribution in [0.1, 0.15) is 33.3 Å². The van der Waals surface area contributed by atoms with Crippen LogP contribution in [0.3, 0.4) is 0 Å². The average molecular weight is 485 g/mol. The zero-order valence-electron chi connectivity index (χ0n) is 22.2. The first-order valence-electron chi connectivity index (χ1n) is 13.0. The van der Waals surface area contributed by atoms with Crippen molar-refractivity contribution < 1.29 is 18.5 Å². The van der Waals surface area contributed by atoms with Crippen LogP contribution >= 0.6 is 0 Å². The summed E-state index contributed by atoms with van der Waals surface area (Å²) in [5, 5.41) is 0. The van der Waals surface area contributed by atoms with Crippen LogP contribution in [0.25, 0.3) is 0 Å². The van der Waals surface area contributed by atoms with Gasteiger partial charge in [-0.3, -0.25) is 0 Å². The first-order valence-corrected chi connectivity index (χ1v) is 13.0. The Bertz CT molecular complexity index is 1140. The predicted octanol–water partition coefficient (Wildman–Crippen LogP) is 5.43. The van der Waals surface area contributed by atoms with Gasteiger partial charge in [0.25, 0.3) is 0 Å². The SMILES string of the molecule is CC1(C)OB(c2ccc(N(c3ccccc3)c3ccc(C[N+]4(C)CCOCC4)cc3)cc2)OC1(C)C. The van der Waals surface area contributed by atoms with Crippen LogP contribution in [0.15, 0.2) is 78.9 Å². The van der Waals surface area contributed by atoms with E-state index in [9.17, 15) is 0 Å². The molecule has 3 aromatic rings. The molecule has 0 spiro atoms. The molecule has 2 aliphatic rings. The Morgan fingerprint density at radius 3 is 1.78 bits per heavy atom. The van der Waals surface area contributed by atoms with Gasteiger partial charge < -0.3 is 23.4 Å². The Labute approximate surface area is 216 Å². The molecule has 36 heavy (non-hydrogen) atoms. The quantitative estimate of drug-likeness (QED) is 0.344. The van der Waals surface area contributed by atoms with Crippen molar-refractivity contribution in [3.63, 3.8) is 0 Å². The first kappa shape index (κ1) is 25.0. The Morgan fingerprint density at radius 1 is 0.722 bits per heavy atom. The molecule has 0 saturated carbocycles. The number of rotatable bonds is 6. The van der Waals surface area contributed by atoms with Crippen molar-refractivity contribution in [1.82, 2.24) is 0 Å². The van der Waals surface area contributed by atoms with Crippen LogP contribution in [0.5, 0.6) is 0 Å². The minimum atomic E-state index is -0.363. The highest BCUT2D eigenvalue weighted by Crippen LogP contribution is 2.37. The van der Waals surface area contributed by atoms with E-state index in [0.29, 0.717) is 0 Å². The van der Waals surface area contributed by atoms with Gasteiger partial charge in [-0.2, -0.15) is 0 Å². The van der Waals surface area contributed by atoms with Crippen LogP contribution in [0, 0.1) is 0 Å². The Kier molecular flexibility index (Phi) is 6.73. The van der Waals surface area contributed by atoms with Crippen molar-refractivity contribution in [2.24, 2.45) is 0 Å². The Morgan fingerprint density at radius 2 is 1.22 bits per heavy atom. The summed E-state index contributed by atoms with van der Waals surface area (Å²) in [6.45, 7) is 13.2. The van der Waals surface area contributed by atoms with Crippen LogP contribution < -0.4 is 10.4 Å². The van der Waals surface area contributed by atoms with Gasteiger partial charge in [-0.15, -0.1) is 0 Å². The fraction of sp³-hybridized carbons (Fsp3) is 0.400. The molecule has 3 aromatic carbocycles. The molecule has 5 nitrogen and oxygen atoms in total. The van der Waals surface area contributed by atoms with Gasteiger partial charge in [0.1, 0.15) is 19.6 Å². The van der Waals surface area contributed by atoms with Gasteiger partial charge in [-0.1, -0.05) is 42.5 Å². The fourth-order valence-corrected chi connectivity index (χ4v) is 4.92. The first-order chi connectivity index (χ1) is 17.2. The lowest BCUT2D eigenvalue weighted by atomic mass is 9.79. The van der Waals surface area contributed by atoms with E-state index in [1.165, 1.54) is 5.56 Å². The lowest BCUT2D eigenvalue weighted by Crippen LogP contribution is -2.51. The molecule has 0 aromatic heterocycles. The van der Waals surface area contributed by atoms with E-state index in [1.807, 2.05) is 0 Å². The van der Waals surface area contributed by atoms with Gasteiger partial charge in [0, 0.05) is 22.6 Å². The van der Waals surface area contributed by atoms with E-state index in [2.05, 4.69) is 119 Å². The highest BCUT2D eigenvalue weighted by molar-refractivity contribution is 6.62. The molecule has 0 bridgehead atoms. The number of anilines is 3. The van der Waals surface area contributed by atoms with Crippen molar-refractivity contribution in [2.45, 2.75) is 45.4 Å². The monoisotopic (exact) mass is 485 g/mol. The molecule has 188 valence electrons. The summed E-state index contributed by atoms with van der Waals surface area (Å²) in [5.74, 6) is 0. The van der Waals surface area contributed by atoms with Gasteiger partial charge in [-0.05, 0) is 69.6 Å². The van der Waals surface area contributed by atoms with Crippen LogP contribution in [-0.2, 0) is 20.6 Å². The van der Waals surface area contributed by atoms with Crippen molar-refractivity contribution in [3.8, 4) is 0 Å². The molecule has 2 saturated heterocycles. The molecule has 5 rings (SSSR count). The lowest BCUT2D eigenvalue weighted by molar-refractivity contribution is -0.929. The van der Waals surface area contributed by atoms with E-state index in [-0.39, 0.29) is 18.3 Å². The number of nitrogens with zero attached hydrogens (tertiary/aromatic N) is 2. The van der Waals surface area contributed by atoms with Crippen LogP contribution in [0.2, 0.25) is 0 Å². The molecule has 0 unspecified atom stereocenters.